The summed E-state index contributed by atoms with van der Waals surface area (Å²) < 4.78 is 10.6. The van der Waals surface area contributed by atoms with Crippen LogP contribution in [0.1, 0.15) is 5.69 Å². The number of H-pyrrole nitrogens is 1. The summed E-state index contributed by atoms with van der Waals surface area (Å²) in [6, 6.07) is 15.5. The van der Waals surface area contributed by atoms with Gasteiger partial charge in [0.2, 0.25) is 5.79 Å². The standard InChI is InChI=1S/C23H21NO8/c25-9-16-19(31-22(29)20-18(27)21(28)23(30,10-26)32-20)17-14-8-12-4-2-1-3-11(12)7-13(14)5-6-15(17)24-16/h1-8,18,20-21,24-28,30H,9-10H2. The van der Waals surface area contributed by atoms with Gasteiger partial charge >= 0.3 is 5.97 Å². The average Bonchev–Trinajstić information content (AvgIpc) is 3.28. The first-order valence-electron chi connectivity index (χ1n) is 10.0. The predicted molar refractivity (Wildman–Crippen MR) is 114 cm³/mol. The maximum Gasteiger partial charge on any atom is 0.343 e. The van der Waals surface area contributed by atoms with Crippen LogP contribution in [0.3, 0.4) is 0 Å². The van der Waals surface area contributed by atoms with E-state index in [1.54, 1.807) is 6.07 Å². The highest BCUT2D eigenvalue weighted by Crippen LogP contribution is 2.39. The van der Waals surface area contributed by atoms with Gasteiger partial charge in [-0.3, -0.25) is 0 Å². The van der Waals surface area contributed by atoms with Crippen molar-refractivity contribution < 1.29 is 39.8 Å². The number of hydrogen-bond donors (Lipinski definition) is 6. The molecule has 32 heavy (non-hydrogen) atoms. The highest BCUT2D eigenvalue weighted by Gasteiger charge is 2.56. The van der Waals surface area contributed by atoms with Crippen LogP contribution in [0.25, 0.3) is 32.4 Å². The van der Waals surface area contributed by atoms with E-state index in [1.807, 2.05) is 42.5 Å². The minimum absolute atomic E-state index is 0.0538. The molecule has 0 spiro atoms. The summed E-state index contributed by atoms with van der Waals surface area (Å²) in [5.41, 5.74) is 0.860. The van der Waals surface area contributed by atoms with Crippen molar-refractivity contribution in [2.75, 3.05) is 6.61 Å². The van der Waals surface area contributed by atoms with Crippen LogP contribution < -0.4 is 4.74 Å². The second-order valence-corrected chi connectivity index (χ2v) is 7.90. The van der Waals surface area contributed by atoms with Crippen LogP contribution in [0, 0.1) is 0 Å². The van der Waals surface area contributed by atoms with Crippen molar-refractivity contribution in [3.8, 4) is 5.75 Å². The molecule has 2 heterocycles. The molecule has 4 unspecified atom stereocenters. The molecule has 4 atom stereocenters. The first-order chi connectivity index (χ1) is 15.4. The molecule has 3 aromatic carbocycles. The van der Waals surface area contributed by atoms with Crippen LogP contribution in [-0.2, 0) is 16.1 Å². The Hall–Kier alpha value is -3.05. The Bertz CT molecular complexity index is 1350. The number of benzene rings is 3. The number of carbonyl (C=O) groups is 1. The molecule has 0 saturated carbocycles. The van der Waals surface area contributed by atoms with Crippen molar-refractivity contribution in [3.05, 3.63) is 54.2 Å². The fourth-order valence-corrected chi connectivity index (χ4v) is 4.23. The number of nitrogens with one attached hydrogen (secondary N) is 1. The van der Waals surface area contributed by atoms with Gasteiger partial charge in [-0.1, -0.05) is 30.3 Å². The molecule has 0 radical (unpaired) electrons. The maximum atomic E-state index is 12.8. The number of aromatic amines is 1. The zero-order valence-corrected chi connectivity index (χ0v) is 16.7. The summed E-state index contributed by atoms with van der Waals surface area (Å²) in [5, 5.41) is 53.5. The number of aliphatic hydroxyl groups is 5. The molecule has 1 fully saturated rings. The molecule has 0 amide bonds. The predicted octanol–water partition coefficient (Wildman–Crippen LogP) is 0.673. The van der Waals surface area contributed by atoms with Crippen molar-refractivity contribution in [1.29, 1.82) is 0 Å². The fourth-order valence-electron chi connectivity index (χ4n) is 4.23. The Morgan fingerprint density at radius 2 is 1.78 bits per heavy atom. The first-order valence-corrected chi connectivity index (χ1v) is 10.0. The van der Waals surface area contributed by atoms with Crippen molar-refractivity contribution in [3.63, 3.8) is 0 Å². The summed E-state index contributed by atoms with van der Waals surface area (Å²) in [5.74, 6) is -3.53. The van der Waals surface area contributed by atoms with E-state index in [4.69, 9.17) is 9.47 Å². The zero-order chi connectivity index (χ0) is 22.6. The van der Waals surface area contributed by atoms with Gasteiger partial charge in [0.15, 0.2) is 11.9 Å². The van der Waals surface area contributed by atoms with Crippen LogP contribution in [0.2, 0.25) is 0 Å². The third-order valence-corrected chi connectivity index (χ3v) is 5.92. The van der Waals surface area contributed by atoms with Gasteiger partial charge in [-0.25, -0.2) is 4.79 Å². The van der Waals surface area contributed by atoms with Gasteiger partial charge in [-0.05, 0) is 39.7 Å². The molecule has 0 bridgehead atoms. The number of carbonyl (C=O) groups excluding carboxylic acids is 1. The number of fused-ring (bicyclic) bond motifs is 4. The normalized spacial score (nSPS) is 25.7. The van der Waals surface area contributed by atoms with E-state index in [2.05, 4.69) is 4.98 Å². The maximum absolute atomic E-state index is 12.8. The van der Waals surface area contributed by atoms with Crippen LogP contribution in [0.4, 0.5) is 0 Å². The lowest BCUT2D eigenvalue weighted by Crippen LogP contribution is -2.46. The summed E-state index contributed by atoms with van der Waals surface area (Å²) >= 11 is 0. The van der Waals surface area contributed by atoms with Gasteiger partial charge in [0.25, 0.3) is 0 Å². The van der Waals surface area contributed by atoms with E-state index < -0.39 is 43.3 Å². The van der Waals surface area contributed by atoms with E-state index >= 15 is 0 Å². The topological polar surface area (TPSA) is 152 Å². The van der Waals surface area contributed by atoms with E-state index in [0.29, 0.717) is 10.9 Å². The van der Waals surface area contributed by atoms with Crippen LogP contribution >= 0.6 is 0 Å². The van der Waals surface area contributed by atoms with Crippen molar-refractivity contribution >= 4 is 38.4 Å². The molecule has 0 aliphatic carbocycles. The Kier molecular flexibility index (Phi) is 4.90. The van der Waals surface area contributed by atoms with Gasteiger partial charge < -0.3 is 40.0 Å². The van der Waals surface area contributed by atoms with Gasteiger partial charge in [-0.15, -0.1) is 0 Å². The highest BCUT2D eigenvalue weighted by molar-refractivity contribution is 6.14. The number of esters is 1. The monoisotopic (exact) mass is 439 g/mol. The Balaban J connectivity index is 1.62. The molecule has 9 nitrogen and oxygen atoms in total. The van der Waals surface area contributed by atoms with Gasteiger partial charge in [0.1, 0.15) is 12.2 Å². The number of aliphatic hydroxyl groups excluding tert-OH is 4. The lowest BCUT2D eigenvalue weighted by Gasteiger charge is -2.22. The van der Waals surface area contributed by atoms with E-state index in [9.17, 15) is 30.3 Å². The van der Waals surface area contributed by atoms with E-state index in [0.717, 1.165) is 21.5 Å². The number of aromatic nitrogens is 1. The minimum Gasteiger partial charge on any atom is -0.422 e. The quantitative estimate of drug-likeness (QED) is 0.201. The third kappa shape index (κ3) is 3.06. The smallest absolute Gasteiger partial charge is 0.343 e. The van der Waals surface area contributed by atoms with Crippen molar-refractivity contribution in [2.24, 2.45) is 0 Å². The average molecular weight is 439 g/mol. The summed E-state index contributed by atoms with van der Waals surface area (Å²) in [6.07, 6.45) is -5.46. The molecule has 166 valence electrons. The van der Waals surface area contributed by atoms with Gasteiger partial charge in [0, 0.05) is 0 Å². The zero-order valence-electron chi connectivity index (χ0n) is 16.7. The first kappa shape index (κ1) is 20.8. The molecule has 9 heteroatoms. The molecule has 1 aliphatic rings. The molecule has 6 N–H and O–H groups in total. The fraction of sp³-hybridized carbons (Fsp3) is 0.261. The SMILES string of the molecule is O=C(Oc1c(CO)[nH]c2ccc3cc4ccccc4cc3c12)C1OC(O)(CO)C(O)C1O. The highest BCUT2D eigenvalue weighted by atomic mass is 16.7. The lowest BCUT2D eigenvalue weighted by atomic mass is 10.0. The van der Waals surface area contributed by atoms with Crippen molar-refractivity contribution in [1.82, 2.24) is 4.98 Å². The number of hydrogen-bond acceptors (Lipinski definition) is 8. The molecule has 1 aliphatic heterocycles. The summed E-state index contributed by atoms with van der Waals surface area (Å²) in [4.78, 5) is 15.9. The largest absolute Gasteiger partial charge is 0.422 e. The molecular weight excluding hydrogens is 418 g/mol. The van der Waals surface area contributed by atoms with Gasteiger partial charge in [0.05, 0.1) is 29.8 Å². The minimum atomic E-state index is -2.49. The molecule has 4 aromatic rings. The molecule has 5 rings (SSSR count). The van der Waals surface area contributed by atoms with E-state index in [1.165, 1.54) is 0 Å². The second-order valence-electron chi connectivity index (χ2n) is 7.90. The Morgan fingerprint density at radius 1 is 1.06 bits per heavy atom. The van der Waals surface area contributed by atoms with Crippen LogP contribution in [0.5, 0.6) is 5.75 Å². The number of rotatable bonds is 4. The molecular formula is C23H21NO8. The lowest BCUT2D eigenvalue weighted by molar-refractivity contribution is -0.246. The Morgan fingerprint density at radius 3 is 2.44 bits per heavy atom. The third-order valence-electron chi connectivity index (χ3n) is 5.92. The summed E-state index contributed by atoms with van der Waals surface area (Å²) in [6.45, 7) is -1.48. The molecule has 1 saturated heterocycles. The Labute approximate surface area is 181 Å². The number of ether oxygens (including phenoxy) is 2. The second kappa shape index (κ2) is 7.52. The van der Waals surface area contributed by atoms with Crippen molar-refractivity contribution in [2.45, 2.75) is 30.7 Å². The van der Waals surface area contributed by atoms with Gasteiger partial charge in [-0.2, -0.15) is 0 Å². The summed E-state index contributed by atoms with van der Waals surface area (Å²) in [7, 11) is 0. The molecule has 1 aromatic heterocycles. The van der Waals surface area contributed by atoms with E-state index in [-0.39, 0.29) is 11.4 Å². The van der Waals surface area contributed by atoms with Crippen LogP contribution in [0.15, 0.2) is 48.5 Å². The van der Waals surface area contributed by atoms with Crippen LogP contribution in [-0.4, -0.2) is 67.2 Å².